The summed E-state index contributed by atoms with van der Waals surface area (Å²) in [6.07, 6.45) is 6.81. The van der Waals surface area contributed by atoms with Crippen molar-refractivity contribution in [3.05, 3.63) is 67.0 Å². The second-order valence-corrected chi connectivity index (χ2v) is 8.52. The van der Waals surface area contributed by atoms with Gasteiger partial charge in [0.1, 0.15) is 6.33 Å². The molecule has 2 bridgehead atoms. The van der Waals surface area contributed by atoms with Gasteiger partial charge in [0, 0.05) is 10.9 Å². The van der Waals surface area contributed by atoms with E-state index < -0.39 is 0 Å². The minimum absolute atomic E-state index is 0.0667. The second-order valence-electron chi connectivity index (χ2n) is 8.52. The third-order valence-corrected chi connectivity index (χ3v) is 6.94. The van der Waals surface area contributed by atoms with Gasteiger partial charge in [0.25, 0.3) is 0 Å². The van der Waals surface area contributed by atoms with E-state index in [1.54, 1.807) is 10.8 Å². The number of allylic oxidation sites excluding steroid dienone is 2. The van der Waals surface area contributed by atoms with Gasteiger partial charge in [0.2, 0.25) is 11.8 Å². The topological polar surface area (TPSA) is 80.5 Å². The number of amides is 2. The molecule has 2 amide bonds. The van der Waals surface area contributed by atoms with Gasteiger partial charge in [-0.2, -0.15) is 0 Å². The Balaban J connectivity index is 1.24. The number of imide groups is 1. The summed E-state index contributed by atoms with van der Waals surface area (Å²) in [5.74, 6) is 0.475. The van der Waals surface area contributed by atoms with E-state index in [0.29, 0.717) is 11.5 Å². The first-order chi connectivity index (χ1) is 15.2. The summed E-state index contributed by atoms with van der Waals surface area (Å²) in [6.45, 7) is 0. The Kier molecular flexibility index (Phi) is 3.18. The van der Waals surface area contributed by atoms with Crippen molar-refractivity contribution in [3.63, 3.8) is 0 Å². The summed E-state index contributed by atoms with van der Waals surface area (Å²) in [4.78, 5) is 36.5. The smallest absolute Gasteiger partial charge is 0.238 e. The number of fused-ring (bicyclic) bond motifs is 8. The third-order valence-electron chi connectivity index (χ3n) is 6.94. The summed E-state index contributed by atoms with van der Waals surface area (Å²) in [5, 5.41) is 5.49. The molecular formula is C24H17N5O2. The monoisotopic (exact) mass is 407 g/mol. The Hall–Kier alpha value is -3.87. The van der Waals surface area contributed by atoms with Crippen LogP contribution in [0.4, 0.5) is 5.69 Å². The van der Waals surface area contributed by atoms with Crippen LogP contribution in [0.2, 0.25) is 0 Å². The molecule has 0 N–H and O–H groups in total. The fourth-order valence-corrected chi connectivity index (χ4v) is 5.52. The van der Waals surface area contributed by atoms with Crippen molar-refractivity contribution < 1.29 is 9.59 Å². The third kappa shape index (κ3) is 2.20. The van der Waals surface area contributed by atoms with E-state index in [9.17, 15) is 9.59 Å². The van der Waals surface area contributed by atoms with E-state index in [4.69, 9.17) is 4.98 Å². The molecule has 0 unspecified atom stereocenters. The molecule has 1 aliphatic heterocycles. The number of rotatable bonds is 2. The molecule has 4 aromatic rings. The van der Waals surface area contributed by atoms with Crippen LogP contribution in [-0.4, -0.2) is 31.4 Å². The molecule has 150 valence electrons. The van der Waals surface area contributed by atoms with Crippen molar-refractivity contribution in [1.82, 2.24) is 19.6 Å². The molecule has 7 rings (SSSR count). The van der Waals surface area contributed by atoms with Crippen LogP contribution in [0.15, 0.2) is 67.0 Å². The molecule has 7 heteroatoms. The second kappa shape index (κ2) is 5.85. The first-order valence-electron chi connectivity index (χ1n) is 10.5. The maximum Gasteiger partial charge on any atom is 0.238 e. The Morgan fingerprint density at radius 2 is 1.58 bits per heavy atom. The molecule has 7 nitrogen and oxygen atoms in total. The zero-order chi connectivity index (χ0) is 20.7. The molecule has 1 saturated carbocycles. The Morgan fingerprint density at radius 3 is 2.32 bits per heavy atom. The van der Waals surface area contributed by atoms with Crippen LogP contribution in [0.25, 0.3) is 27.9 Å². The predicted molar refractivity (Wildman–Crippen MR) is 114 cm³/mol. The van der Waals surface area contributed by atoms with Gasteiger partial charge in [-0.3, -0.25) is 14.5 Å². The molecule has 0 radical (unpaired) electrons. The van der Waals surface area contributed by atoms with Crippen molar-refractivity contribution in [3.8, 4) is 11.4 Å². The Morgan fingerprint density at radius 1 is 0.871 bits per heavy atom. The molecule has 31 heavy (non-hydrogen) atoms. The molecule has 2 aromatic carbocycles. The summed E-state index contributed by atoms with van der Waals surface area (Å²) < 4.78 is 1.67. The average Bonchev–Trinajstić information content (AvgIpc) is 3.57. The fourth-order valence-electron chi connectivity index (χ4n) is 5.52. The van der Waals surface area contributed by atoms with E-state index in [-0.39, 0.29) is 35.5 Å². The maximum atomic E-state index is 13.0. The minimum atomic E-state index is -0.192. The lowest BCUT2D eigenvalue weighted by Gasteiger charge is -2.17. The Bertz CT molecular complexity index is 1410. The number of anilines is 1. The zero-order valence-corrected chi connectivity index (χ0v) is 16.4. The van der Waals surface area contributed by atoms with Crippen molar-refractivity contribution in [2.75, 3.05) is 4.90 Å². The molecule has 2 aliphatic carbocycles. The van der Waals surface area contributed by atoms with Gasteiger partial charge in [0.15, 0.2) is 11.5 Å². The van der Waals surface area contributed by atoms with E-state index in [1.807, 2.05) is 48.5 Å². The van der Waals surface area contributed by atoms with Crippen LogP contribution in [0.5, 0.6) is 0 Å². The van der Waals surface area contributed by atoms with Gasteiger partial charge in [-0.1, -0.05) is 24.3 Å². The van der Waals surface area contributed by atoms with Gasteiger partial charge in [-0.05, 0) is 54.7 Å². The number of hydrogen-bond acceptors (Lipinski definition) is 5. The van der Waals surface area contributed by atoms with Crippen molar-refractivity contribution in [2.45, 2.75) is 6.42 Å². The molecule has 3 aliphatic rings. The minimum Gasteiger partial charge on any atom is -0.274 e. The number of carbonyl (C=O) groups excluding carboxylic acids is 2. The van der Waals surface area contributed by atoms with Crippen LogP contribution in [0.1, 0.15) is 6.42 Å². The molecule has 3 heterocycles. The maximum absolute atomic E-state index is 13.0. The lowest BCUT2D eigenvalue weighted by Crippen LogP contribution is -2.32. The average molecular weight is 407 g/mol. The first kappa shape index (κ1) is 16.9. The molecule has 0 spiro atoms. The van der Waals surface area contributed by atoms with Crippen LogP contribution in [0, 0.1) is 23.7 Å². The molecule has 1 saturated heterocycles. The van der Waals surface area contributed by atoms with Crippen LogP contribution in [-0.2, 0) is 9.59 Å². The van der Waals surface area contributed by atoms with Crippen molar-refractivity contribution >= 4 is 34.1 Å². The number of para-hydroxylation sites is 1. The van der Waals surface area contributed by atoms with Gasteiger partial charge in [0.05, 0.1) is 23.0 Å². The number of nitrogens with zero attached hydrogens (tertiary/aromatic N) is 5. The van der Waals surface area contributed by atoms with Gasteiger partial charge in [-0.25, -0.2) is 14.5 Å². The molecule has 2 aromatic heterocycles. The molecular weight excluding hydrogens is 390 g/mol. The number of carbonyl (C=O) groups is 2. The number of aromatic nitrogens is 4. The summed E-state index contributed by atoms with van der Waals surface area (Å²) >= 11 is 0. The zero-order valence-electron chi connectivity index (χ0n) is 16.4. The normalized spacial score (nSPS) is 26.5. The van der Waals surface area contributed by atoms with E-state index in [0.717, 1.165) is 28.5 Å². The fraction of sp³-hybridized carbons (Fsp3) is 0.208. The highest BCUT2D eigenvalue weighted by Gasteiger charge is 2.59. The SMILES string of the molecule is O=C1[C@H]2[C@H](C(=O)N1c1ccc(-c3nc4c5ccccc5ncn4n3)cc1)[C@H]1C=C[C@H]2C1. The lowest BCUT2D eigenvalue weighted by molar-refractivity contribution is -0.123. The van der Waals surface area contributed by atoms with Gasteiger partial charge < -0.3 is 0 Å². The van der Waals surface area contributed by atoms with Gasteiger partial charge >= 0.3 is 0 Å². The largest absolute Gasteiger partial charge is 0.274 e. The highest BCUT2D eigenvalue weighted by Crippen LogP contribution is 2.53. The summed E-state index contributed by atoms with van der Waals surface area (Å²) in [5.41, 5.74) is 3.04. The van der Waals surface area contributed by atoms with E-state index in [1.165, 1.54) is 4.90 Å². The molecule has 2 fully saturated rings. The highest BCUT2D eigenvalue weighted by molar-refractivity contribution is 6.22. The summed E-state index contributed by atoms with van der Waals surface area (Å²) in [6, 6.07) is 15.2. The number of hydrogen-bond donors (Lipinski definition) is 0. The van der Waals surface area contributed by atoms with Crippen molar-refractivity contribution in [1.29, 1.82) is 0 Å². The predicted octanol–water partition coefficient (Wildman–Crippen LogP) is 3.26. The van der Waals surface area contributed by atoms with Crippen LogP contribution in [0.3, 0.4) is 0 Å². The standard InChI is InChI=1S/C24H17N5O2/c30-23-19-14-5-6-15(11-14)20(19)24(31)29(23)16-9-7-13(8-10-16)21-26-22-17-3-1-2-4-18(17)25-12-28(22)27-21/h1-10,12,14-15,19-20H,11H2/t14-,15-,19+,20+/m0/s1. The first-order valence-corrected chi connectivity index (χ1v) is 10.5. The van der Waals surface area contributed by atoms with E-state index >= 15 is 0 Å². The Labute approximate surface area is 177 Å². The quantitative estimate of drug-likeness (QED) is 0.376. The van der Waals surface area contributed by atoms with Crippen molar-refractivity contribution in [2.24, 2.45) is 23.7 Å². The number of benzene rings is 2. The lowest BCUT2D eigenvalue weighted by atomic mass is 9.85. The summed E-state index contributed by atoms with van der Waals surface area (Å²) in [7, 11) is 0. The molecule has 4 atom stereocenters. The highest BCUT2D eigenvalue weighted by atomic mass is 16.2. The van der Waals surface area contributed by atoms with Crippen LogP contribution < -0.4 is 4.90 Å². The van der Waals surface area contributed by atoms with Crippen LogP contribution >= 0.6 is 0 Å². The van der Waals surface area contributed by atoms with E-state index in [2.05, 4.69) is 22.2 Å². The van der Waals surface area contributed by atoms with Gasteiger partial charge in [-0.15, -0.1) is 5.10 Å².